The Morgan fingerprint density at radius 3 is 2.45 bits per heavy atom. The number of nitrogens with zero attached hydrogens (tertiary/aromatic N) is 1. The van der Waals surface area contributed by atoms with Crippen LogP contribution < -0.4 is 15.5 Å². The van der Waals surface area contributed by atoms with E-state index >= 15 is 0 Å². The van der Waals surface area contributed by atoms with Crippen molar-refractivity contribution in [1.29, 1.82) is 0 Å². The third-order valence-electron chi connectivity index (χ3n) is 7.45. The minimum absolute atomic E-state index is 0.0918. The number of benzene rings is 4. The minimum atomic E-state index is -0.626. The van der Waals surface area contributed by atoms with Crippen LogP contribution in [0.15, 0.2) is 78.9 Å². The molecule has 0 aliphatic carbocycles. The van der Waals surface area contributed by atoms with Crippen LogP contribution in [-0.2, 0) is 4.74 Å². The summed E-state index contributed by atoms with van der Waals surface area (Å²) >= 11 is 6.34. The van der Waals surface area contributed by atoms with Gasteiger partial charge in [0.05, 0.1) is 5.69 Å². The molecule has 1 aromatic heterocycles. The van der Waals surface area contributed by atoms with Gasteiger partial charge in [0.25, 0.3) is 11.8 Å². The number of halogens is 1. The Bertz CT molecular complexity index is 1940. The van der Waals surface area contributed by atoms with Gasteiger partial charge >= 0.3 is 6.09 Å². The number of aromatic amines is 1. The van der Waals surface area contributed by atoms with Crippen molar-refractivity contribution < 1.29 is 24.2 Å². The highest BCUT2D eigenvalue weighted by atomic mass is 35.5. The number of amides is 3. The number of aromatic hydroxyl groups is 1. The number of hydrogen-bond acceptors (Lipinski definition) is 5. The van der Waals surface area contributed by atoms with Gasteiger partial charge in [-0.2, -0.15) is 0 Å². The highest BCUT2D eigenvalue weighted by Gasteiger charge is 2.35. The van der Waals surface area contributed by atoms with Crippen LogP contribution in [0.4, 0.5) is 21.9 Å². The number of H-pyrrole nitrogens is 1. The van der Waals surface area contributed by atoms with E-state index in [1.54, 1.807) is 80.3 Å². The molecule has 5 aromatic rings. The first kappa shape index (κ1) is 29.1. The van der Waals surface area contributed by atoms with Crippen LogP contribution in [0.1, 0.15) is 53.1 Å². The molecule has 10 heteroatoms. The lowest BCUT2D eigenvalue weighted by molar-refractivity contribution is 0.0635. The van der Waals surface area contributed by atoms with Crippen LogP contribution in [0, 0.1) is 0 Å². The maximum Gasteiger partial charge on any atom is 0.412 e. The topological polar surface area (TPSA) is 124 Å². The van der Waals surface area contributed by atoms with Gasteiger partial charge in [-0.1, -0.05) is 30.3 Å². The molecule has 3 amide bonds. The number of alkyl halides is 1. The van der Waals surface area contributed by atoms with Gasteiger partial charge in [-0.25, -0.2) is 4.79 Å². The summed E-state index contributed by atoms with van der Waals surface area (Å²) < 4.78 is 5.31. The third kappa shape index (κ3) is 5.66. The maximum atomic E-state index is 13.8. The molecule has 2 heterocycles. The SMILES string of the molecule is CC(C)(C)OC(=O)Nc1ccc2[nH]c(C(=O)Nc3cccc(C(=O)N4C[C@@H](CCl)c5c4cc(O)c4ccccc54)c3)cc2c1. The Balaban J connectivity index is 1.21. The van der Waals surface area contributed by atoms with Gasteiger partial charge in [0.2, 0.25) is 0 Å². The molecule has 6 rings (SSSR count). The number of carbonyl (C=O) groups is 3. The van der Waals surface area contributed by atoms with Crippen molar-refractivity contribution in [2.75, 3.05) is 28.0 Å². The number of hydrogen-bond donors (Lipinski definition) is 4. The van der Waals surface area contributed by atoms with Crippen molar-refractivity contribution in [3.63, 3.8) is 0 Å². The van der Waals surface area contributed by atoms with E-state index in [0.717, 1.165) is 16.3 Å². The number of phenolic OH excluding ortho intramolecular Hbond substituents is 1. The van der Waals surface area contributed by atoms with Crippen LogP contribution in [0.5, 0.6) is 5.75 Å². The summed E-state index contributed by atoms with van der Waals surface area (Å²) in [6.45, 7) is 5.73. The van der Waals surface area contributed by atoms with Crippen molar-refractivity contribution in [3.05, 3.63) is 95.7 Å². The Hall–Kier alpha value is -5.02. The monoisotopic (exact) mass is 610 g/mol. The standard InChI is InChI=1S/C34H31ClN4O5/c1-34(2,3)44-33(43)37-23-11-12-26-20(14-23)15-27(38-26)31(41)36-22-8-6-7-19(13-22)32(42)39-18-21(17-35)30-25-10-5-4-9-24(25)29(40)16-28(30)39/h4-16,21,38,40H,17-18H2,1-3H3,(H,36,41)(H,37,43)/t21-/m1/s1. The van der Waals surface area contributed by atoms with Gasteiger partial charge in [-0.05, 0) is 74.2 Å². The molecule has 4 N–H and O–H groups in total. The summed E-state index contributed by atoms with van der Waals surface area (Å²) in [6, 6.07) is 22.8. The Morgan fingerprint density at radius 1 is 0.955 bits per heavy atom. The second kappa shape index (κ2) is 11.2. The molecule has 0 radical (unpaired) electrons. The van der Waals surface area contributed by atoms with Crippen LogP contribution in [0.25, 0.3) is 21.7 Å². The quantitative estimate of drug-likeness (QED) is 0.153. The van der Waals surface area contributed by atoms with E-state index in [4.69, 9.17) is 16.3 Å². The van der Waals surface area contributed by atoms with E-state index in [-0.39, 0.29) is 17.6 Å². The van der Waals surface area contributed by atoms with Crippen molar-refractivity contribution in [1.82, 2.24) is 4.98 Å². The van der Waals surface area contributed by atoms with Gasteiger partial charge in [0.15, 0.2) is 0 Å². The largest absolute Gasteiger partial charge is 0.507 e. The predicted molar refractivity (Wildman–Crippen MR) is 173 cm³/mol. The first-order chi connectivity index (χ1) is 21.0. The predicted octanol–water partition coefficient (Wildman–Crippen LogP) is 7.61. The highest BCUT2D eigenvalue weighted by molar-refractivity contribution is 6.19. The Labute approximate surface area is 258 Å². The number of anilines is 3. The average Bonchev–Trinajstić information content (AvgIpc) is 3.57. The number of fused-ring (bicyclic) bond motifs is 4. The van der Waals surface area contributed by atoms with Gasteiger partial charge in [0.1, 0.15) is 17.0 Å². The highest BCUT2D eigenvalue weighted by Crippen LogP contribution is 2.45. The summed E-state index contributed by atoms with van der Waals surface area (Å²) in [5.41, 5.74) is 3.33. The second-order valence-electron chi connectivity index (χ2n) is 11.8. The van der Waals surface area contributed by atoms with E-state index in [1.807, 2.05) is 24.3 Å². The Morgan fingerprint density at radius 2 is 1.70 bits per heavy atom. The molecular formula is C34H31ClN4O5. The number of rotatable bonds is 5. The second-order valence-corrected chi connectivity index (χ2v) is 12.1. The van der Waals surface area contributed by atoms with E-state index in [0.29, 0.717) is 51.6 Å². The zero-order valence-corrected chi connectivity index (χ0v) is 25.2. The number of phenols is 1. The van der Waals surface area contributed by atoms with Crippen molar-refractivity contribution >= 4 is 68.2 Å². The van der Waals surface area contributed by atoms with Gasteiger partial charge in [0, 0.05) is 57.6 Å². The number of carbonyl (C=O) groups excluding carboxylic acids is 3. The first-order valence-electron chi connectivity index (χ1n) is 14.2. The zero-order valence-electron chi connectivity index (χ0n) is 24.4. The molecule has 4 aromatic carbocycles. The fourth-order valence-electron chi connectivity index (χ4n) is 5.58. The molecule has 1 atom stereocenters. The van der Waals surface area contributed by atoms with E-state index in [2.05, 4.69) is 15.6 Å². The number of nitrogens with one attached hydrogen (secondary N) is 3. The lowest BCUT2D eigenvalue weighted by Crippen LogP contribution is -2.30. The molecule has 44 heavy (non-hydrogen) atoms. The lowest BCUT2D eigenvalue weighted by Gasteiger charge is -2.19. The minimum Gasteiger partial charge on any atom is -0.507 e. The van der Waals surface area contributed by atoms with Gasteiger partial charge in [-0.3, -0.25) is 14.9 Å². The number of aromatic nitrogens is 1. The van der Waals surface area contributed by atoms with E-state index in [9.17, 15) is 19.5 Å². The summed E-state index contributed by atoms with van der Waals surface area (Å²) in [5.74, 6) is -0.326. The van der Waals surface area contributed by atoms with Crippen LogP contribution in [0.2, 0.25) is 0 Å². The summed E-state index contributed by atoms with van der Waals surface area (Å²) in [5, 5.41) is 18.6. The molecule has 0 bridgehead atoms. The molecule has 9 nitrogen and oxygen atoms in total. The molecule has 224 valence electrons. The van der Waals surface area contributed by atoms with E-state index in [1.165, 1.54) is 0 Å². The van der Waals surface area contributed by atoms with Crippen LogP contribution >= 0.6 is 11.6 Å². The Kier molecular flexibility index (Phi) is 7.43. The number of ether oxygens (including phenoxy) is 1. The molecule has 1 aliphatic heterocycles. The molecule has 0 saturated heterocycles. The van der Waals surface area contributed by atoms with E-state index < -0.39 is 17.6 Å². The lowest BCUT2D eigenvalue weighted by atomic mass is 9.95. The smallest absolute Gasteiger partial charge is 0.412 e. The summed E-state index contributed by atoms with van der Waals surface area (Å²) in [7, 11) is 0. The maximum absolute atomic E-state index is 13.8. The fourth-order valence-corrected chi connectivity index (χ4v) is 5.84. The molecule has 0 fully saturated rings. The van der Waals surface area contributed by atoms with Gasteiger partial charge < -0.3 is 25.0 Å². The molecule has 1 aliphatic rings. The van der Waals surface area contributed by atoms with Gasteiger partial charge in [-0.15, -0.1) is 11.6 Å². The summed E-state index contributed by atoms with van der Waals surface area (Å²) in [4.78, 5) is 43.8. The third-order valence-corrected chi connectivity index (χ3v) is 7.83. The zero-order chi connectivity index (χ0) is 31.2. The van der Waals surface area contributed by atoms with Crippen molar-refractivity contribution in [3.8, 4) is 5.75 Å². The normalized spacial score (nSPS) is 14.5. The van der Waals surface area contributed by atoms with Crippen molar-refractivity contribution in [2.24, 2.45) is 0 Å². The average molecular weight is 611 g/mol. The first-order valence-corrected chi connectivity index (χ1v) is 14.7. The van der Waals surface area contributed by atoms with Crippen LogP contribution in [-0.4, -0.2) is 46.0 Å². The van der Waals surface area contributed by atoms with Crippen LogP contribution in [0.3, 0.4) is 0 Å². The van der Waals surface area contributed by atoms with Crippen molar-refractivity contribution in [2.45, 2.75) is 32.3 Å². The molecule has 0 unspecified atom stereocenters. The molecule has 0 saturated carbocycles. The fraction of sp³-hybridized carbons (Fsp3) is 0.206. The molecular weight excluding hydrogens is 580 g/mol. The summed E-state index contributed by atoms with van der Waals surface area (Å²) in [6.07, 6.45) is -0.569. The molecule has 0 spiro atoms.